The van der Waals surface area contributed by atoms with Crippen molar-refractivity contribution in [2.45, 2.75) is 13.8 Å². The second-order valence-electron chi connectivity index (χ2n) is 4.53. The topological polar surface area (TPSA) is 60.2 Å². The fourth-order valence-corrected chi connectivity index (χ4v) is 2.03. The standard InChI is InChI=1S/C16H15NO2/c1-10-9-14(16(17)19)7-8-15(10)13-5-3-12(4-6-13)11(2)18/h3-9H,1-2H3,(H2,17,19). The van der Waals surface area contributed by atoms with Gasteiger partial charge in [-0.25, -0.2) is 0 Å². The molecule has 0 unspecified atom stereocenters. The minimum atomic E-state index is -0.429. The van der Waals surface area contributed by atoms with Crippen LogP contribution in [0.5, 0.6) is 0 Å². The first-order valence-corrected chi connectivity index (χ1v) is 6.01. The molecule has 19 heavy (non-hydrogen) atoms. The molecule has 0 saturated carbocycles. The summed E-state index contributed by atoms with van der Waals surface area (Å²) in [5, 5.41) is 0. The number of amides is 1. The SMILES string of the molecule is CC(=O)c1ccc(-c2ccc(C(N)=O)cc2C)cc1. The van der Waals surface area contributed by atoms with Gasteiger partial charge in [0.25, 0.3) is 0 Å². The van der Waals surface area contributed by atoms with Gasteiger partial charge in [0.2, 0.25) is 5.91 Å². The monoisotopic (exact) mass is 253 g/mol. The molecular weight excluding hydrogens is 238 g/mol. The molecule has 0 saturated heterocycles. The first kappa shape index (κ1) is 13.0. The van der Waals surface area contributed by atoms with E-state index in [0.717, 1.165) is 16.7 Å². The fraction of sp³-hybridized carbons (Fsp3) is 0.125. The number of primary amides is 1. The number of aryl methyl sites for hydroxylation is 1. The van der Waals surface area contributed by atoms with Crippen LogP contribution in [0.1, 0.15) is 33.2 Å². The second-order valence-corrected chi connectivity index (χ2v) is 4.53. The molecule has 0 aliphatic heterocycles. The van der Waals surface area contributed by atoms with E-state index >= 15 is 0 Å². The Labute approximate surface area is 112 Å². The van der Waals surface area contributed by atoms with Crippen LogP contribution in [-0.2, 0) is 0 Å². The Balaban J connectivity index is 2.41. The molecule has 0 radical (unpaired) electrons. The highest BCUT2D eigenvalue weighted by molar-refractivity contribution is 5.95. The van der Waals surface area contributed by atoms with Crippen LogP contribution in [-0.4, -0.2) is 11.7 Å². The summed E-state index contributed by atoms with van der Waals surface area (Å²) in [5.74, 6) is -0.381. The van der Waals surface area contributed by atoms with Gasteiger partial charge in [0.15, 0.2) is 5.78 Å². The summed E-state index contributed by atoms with van der Waals surface area (Å²) in [4.78, 5) is 22.3. The molecule has 96 valence electrons. The number of carbonyl (C=O) groups excluding carboxylic acids is 2. The molecule has 0 aliphatic rings. The van der Waals surface area contributed by atoms with E-state index in [4.69, 9.17) is 5.73 Å². The van der Waals surface area contributed by atoms with Gasteiger partial charge in [-0.1, -0.05) is 30.3 Å². The van der Waals surface area contributed by atoms with Crippen molar-refractivity contribution in [3.63, 3.8) is 0 Å². The van der Waals surface area contributed by atoms with Crippen LogP contribution in [0, 0.1) is 6.92 Å². The van der Waals surface area contributed by atoms with E-state index in [2.05, 4.69) is 0 Å². The van der Waals surface area contributed by atoms with Gasteiger partial charge in [-0.2, -0.15) is 0 Å². The number of benzene rings is 2. The van der Waals surface area contributed by atoms with E-state index in [-0.39, 0.29) is 5.78 Å². The van der Waals surface area contributed by atoms with Crippen molar-refractivity contribution in [2.24, 2.45) is 5.73 Å². The van der Waals surface area contributed by atoms with Crippen molar-refractivity contribution in [1.29, 1.82) is 0 Å². The van der Waals surface area contributed by atoms with Crippen LogP contribution in [0.4, 0.5) is 0 Å². The Morgan fingerprint density at radius 2 is 1.53 bits per heavy atom. The Hall–Kier alpha value is -2.42. The number of ketones is 1. The zero-order valence-electron chi connectivity index (χ0n) is 10.9. The molecule has 0 spiro atoms. The number of rotatable bonds is 3. The fourth-order valence-electron chi connectivity index (χ4n) is 2.03. The summed E-state index contributed by atoms with van der Waals surface area (Å²) < 4.78 is 0. The predicted octanol–water partition coefficient (Wildman–Crippen LogP) is 2.96. The highest BCUT2D eigenvalue weighted by Gasteiger charge is 2.06. The molecule has 0 aliphatic carbocycles. The Morgan fingerprint density at radius 3 is 2.00 bits per heavy atom. The van der Waals surface area contributed by atoms with Crippen LogP contribution in [0.3, 0.4) is 0 Å². The molecule has 2 rings (SSSR count). The lowest BCUT2D eigenvalue weighted by molar-refractivity contribution is 0.0996. The summed E-state index contributed by atoms with van der Waals surface area (Å²) in [6.07, 6.45) is 0. The molecule has 3 nitrogen and oxygen atoms in total. The predicted molar refractivity (Wildman–Crippen MR) is 75.1 cm³/mol. The highest BCUT2D eigenvalue weighted by Crippen LogP contribution is 2.24. The van der Waals surface area contributed by atoms with Gasteiger partial charge in [-0.05, 0) is 42.7 Å². The van der Waals surface area contributed by atoms with Gasteiger partial charge in [0.05, 0.1) is 0 Å². The maximum Gasteiger partial charge on any atom is 0.248 e. The Kier molecular flexibility index (Phi) is 3.47. The number of nitrogens with two attached hydrogens (primary N) is 1. The summed E-state index contributed by atoms with van der Waals surface area (Å²) in [5.41, 5.74) is 9.46. The third-order valence-corrected chi connectivity index (χ3v) is 3.11. The van der Waals surface area contributed by atoms with Crippen molar-refractivity contribution in [2.75, 3.05) is 0 Å². The first-order chi connectivity index (χ1) is 8.99. The largest absolute Gasteiger partial charge is 0.366 e. The molecule has 0 bridgehead atoms. The average molecular weight is 253 g/mol. The zero-order chi connectivity index (χ0) is 14.0. The minimum absolute atomic E-state index is 0.0485. The second kappa shape index (κ2) is 5.06. The van der Waals surface area contributed by atoms with E-state index in [1.54, 1.807) is 31.2 Å². The smallest absolute Gasteiger partial charge is 0.248 e. The summed E-state index contributed by atoms with van der Waals surface area (Å²) in [7, 11) is 0. The molecule has 2 aromatic carbocycles. The normalized spacial score (nSPS) is 10.2. The van der Waals surface area contributed by atoms with Crippen molar-refractivity contribution in [3.8, 4) is 11.1 Å². The molecule has 3 heteroatoms. The van der Waals surface area contributed by atoms with Crippen LogP contribution >= 0.6 is 0 Å². The third kappa shape index (κ3) is 2.71. The molecule has 0 heterocycles. The molecule has 0 aromatic heterocycles. The van der Waals surface area contributed by atoms with Crippen molar-refractivity contribution in [3.05, 3.63) is 59.2 Å². The number of Topliss-reactive ketones (excluding diaryl/α,β-unsaturated/α-hetero) is 1. The molecule has 0 atom stereocenters. The zero-order valence-corrected chi connectivity index (χ0v) is 10.9. The molecule has 2 N–H and O–H groups in total. The summed E-state index contributed by atoms with van der Waals surface area (Å²) in [6, 6.07) is 12.8. The highest BCUT2D eigenvalue weighted by atomic mass is 16.1. The van der Waals surface area contributed by atoms with Gasteiger partial charge in [-0.3, -0.25) is 9.59 Å². The van der Waals surface area contributed by atoms with Crippen LogP contribution in [0.15, 0.2) is 42.5 Å². The van der Waals surface area contributed by atoms with E-state index in [1.807, 2.05) is 25.1 Å². The Morgan fingerprint density at radius 1 is 0.947 bits per heavy atom. The molecule has 1 amide bonds. The maximum atomic E-state index is 11.2. The number of carbonyl (C=O) groups is 2. The first-order valence-electron chi connectivity index (χ1n) is 6.01. The lowest BCUT2D eigenvalue weighted by Gasteiger charge is -2.08. The molecule has 2 aromatic rings. The van der Waals surface area contributed by atoms with E-state index < -0.39 is 5.91 Å². The van der Waals surface area contributed by atoms with Crippen molar-refractivity contribution >= 4 is 11.7 Å². The van der Waals surface area contributed by atoms with Gasteiger partial charge in [0.1, 0.15) is 0 Å². The van der Waals surface area contributed by atoms with Gasteiger partial charge in [0, 0.05) is 11.1 Å². The molecule has 0 fully saturated rings. The average Bonchev–Trinajstić information content (AvgIpc) is 2.38. The summed E-state index contributed by atoms with van der Waals surface area (Å²) >= 11 is 0. The van der Waals surface area contributed by atoms with Crippen molar-refractivity contribution in [1.82, 2.24) is 0 Å². The van der Waals surface area contributed by atoms with Crippen molar-refractivity contribution < 1.29 is 9.59 Å². The maximum absolute atomic E-state index is 11.2. The summed E-state index contributed by atoms with van der Waals surface area (Å²) in [6.45, 7) is 3.47. The quantitative estimate of drug-likeness (QED) is 0.855. The van der Waals surface area contributed by atoms with Crippen LogP contribution in [0.2, 0.25) is 0 Å². The number of hydrogen-bond acceptors (Lipinski definition) is 2. The van der Waals surface area contributed by atoms with Crippen LogP contribution < -0.4 is 5.73 Å². The molecular formula is C16H15NO2. The van der Waals surface area contributed by atoms with E-state index in [0.29, 0.717) is 11.1 Å². The lowest BCUT2D eigenvalue weighted by Crippen LogP contribution is -2.10. The number of hydrogen-bond donors (Lipinski definition) is 1. The van der Waals surface area contributed by atoms with E-state index in [1.165, 1.54) is 0 Å². The van der Waals surface area contributed by atoms with Gasteiger partial charge >= 0.3 is 0 Å². The lowest BCUT2D eigenvalue weighted by atomic mass is 9.97. The third-order valence-electron chi connectivity index (χ3n) is 3.11. The van der Waals surface area contributed by atoms with Crippen LogP contribution in [0.25, 0.3) is 11.1 Å². The minimum Gasteiger partial charge on any atom is -0.366 e. The van der Waals surface area contributed by atoms with E-state index in [9.17, 15) is 9.59 Å². The van der Waals surface area contributed by atoms with Gasteiger partial charge < -0.3 is 5.73 Å². The Bertz CT molecular complexity index is 642. The van der Waals surface area contributed by atoms with Gasteiger partial charge in [-0.15, -0.1) is 0 Å².